The molecule has 0 spiro atoms. The van der Waals surface area contributed by atoms with Gasteiger partial charge in [0, 0.05) is 61.9 Å². The normalized spacial score (nSPS) is 29.2. The van der Waals surface area contributed by atoms with Crippen molar-refractivity contribution in [1.82, 2.24) is 15.5 Å². The molecule has 2 aliphatic heterocycles. The zero-order chi connectivity index (χ0) is 19.0. The molecule has 2 saturated heterocycles. The summed E-state index contributed by atoms with van der Waals surface area (Å²) in [5, 5.41) is 16.5. The molecule has 0 aromatic carbocycles. The Morgan fingerprint density at radius 3 is 2.59 bits per heavy atom. The highest BCUT2D eigenvalue weighted by atomic mass is 32.2. The Hall–Kier alpha value is -0.500. The van der Waals surface area contributed by atoms with Gasteiger partial charge in [-0.3, -0.25) is 9.89 Å². The highest BCUT2D eigenvalue weighted by Crippen LogP contribution is 2.36. The van der Waals surface area contributed by atoms with Crippen molar-refractivity contribution in [2.75, 3.05) is 64.1 Å². The molecule has 1 saturated carbocycles. The molecule has 3 rings (SSSR count). The van der Waals surface area contributed by atoms with Gasteiger partial charge in [-0.05, 0) is 32.6 Å². The van der Waals surface area contributed by atoms with Crippen LogP contribution >= 0.6 is 11.8 Å². The summed E-state index contributed by atoms with van der Waals surface area (Å²) < 4.78 is 5.61. The lowest BCUT2D eigenvalue weighted by molar-refractivity contribution is 0.107. The lowest BCUT2D eigenvalue weighted by Crippen LogP contribution is -2.57. The maximum absolute atomic E-state index is 9.44. The lowest BCUT2D eigenvalue weighted by atomic mass is 9.84. The summed E-state index contributed by atoms with van der Waals surface area (Å²) >= 11 is 2.08. The number of aliphatic hydroxyl groups excluding tert-OH is 1. The molecule has 0 amide bonds. The number of aliphatic hydroxyl groups is 1. The van der Waals surface area contributed by atoms with Crippen molar-refractivity contribution in [1.29, 1.82) is 0 Å². The molecular weight excluding hydrogens is 360 g/mol. The molecule has 3 fully saturated rings. The van der Waals surface area contributed by atoms with Crippen LogP contribution in [-0.2, 0) is 4.74 Å². The number of ether oxygens (including phenoxy) is 1. The van der Waals surface area contributed by atoms with Crippen molar-refractivity contribution in [3.63, 3.8) is 0 Å². The number of thioether (sulfide) groups is 1. The van der Waals surface area contributed by atoms with Crippen molar-refractivity contribution in [2.24, 2.45) is 10.4 Å². The van der Waals surface area contributed by atoms with Crippen molar-refractivity contribution in [3.8, 4) is 0 Å². The van der Waals surface area contributed by atoms with E-state index in [4.69, 9.17) is 9.73 Å². The third-order valence-corrected chi connectivity index (χ3v) is 7.49. The summed E-state index contributed by atoms with van der Waals surface area (Å²) in [4.78, 5) is 7.65. The maximum Gasteiger partial charge on any atom is 0.191 e. The van der Waals surface area contributed by atoms with Gasteiger partial charge in [-0.2, -0.15) is 11.8 Å². The number of hydrogen-bond acceptors (Lipinski definition) is 5. The van der Waals surface area contributed by atoms with E-state index in [1.54, 1.807) is 0 Å². The minimum absolute atomic E-state index is 0.00619. The summed E-state index contributed by atoms with van der Waals surface area (Å²) in [5.41, 5.74) is 0.308. The Balaban J connectivity index is 1.62. The quantitative estimate of drug-likeness (QED) is 0.427. The van der Waals surface area contributed by atoms with E-state index < -0.39 is 0 Å². The van der Waals surface area contributed by atoms with E-state index in [0.717, 1.165) is 45.0 Å². The van der Waals surface area contributed by atoms with Gasteiger partial charge in [-0.15, -0.1) is 0 Å². The molecule has 0 aromatic rings. The summed E-state index contributed by atoms with van der Waals surface area (Å²) in [7, 11) is 0. The van der Waals surface area contributed by atoms with Crippen LogP contribution in [0.25, 0.3) is 0 Å². The van der Waals surface area contributed by atoms with E-state index in [1.807, 2.05) is 0 Å². The fraction of sp³-hybridized carbons (Fsp3) is 0.950. The summed E-state index contributed by atoms with van der Waals surface area (Å²) in [6.45, 7) is 8.83. The van der Waals surface area contributed by atoms with Crippen LogP contribution in [-0.4, -0.2) is 85.6 Å². The number of aliphatic imine (C=N–C) groups is 1. The molecule has 1 unspecified atom stereocenters. The fourth-order valence-electron chi connectivity index (χ4n) is 4.80. The van der Waals surface area contributed by atoms with Crippen LogP contribution in [0.4, 0.5) is 0 Å². The van der Waals surface area contributed by atoms with Crippen molar-refractivity contribution in [3.05, 3.63) is 0 Å². The molecule has 1 atom stereocenters. The Kier molecular flexibility index (Phi) is 8.11. The lowest BCUT2D eigenvalue weighted by Gasteiger charge is -2.43. The van der Waals surface area contributed by atoms with Crippen molar-refractivity contribution >= 4 is 17.7 Å². The summed E-state index contributed by atoms with van der Waals surface area (Å²) in [5.74, 6) is 3.44. The number of rotatable bonds is 8. The van der Waals surface area contributed by atoms with Gasteiger partial charge in [0.05, 0.1) is 13.2 Å². The highest BCUT2D eigenvalue weighted by molar-refractivity contribution is 7.99. The zero-order valence-electron chi connectivity index (χ0n) is 17.0. The van der Waals surface area contributed by atoms with Crippen LogP contribution in [0, 0.1) is 5.41 Å². The summed E-state index contributed by atoms with van der Waals surface area (Å²) in [6.07, 6.45) is 7.04. The van der Waals surface area contributed by atoms with E-state index in [9.17, 15) is 5.11 Å². The molecule has 27 heavy (non-hydrogen) atoms. The minimum Gasteiger partial charge on any atom is -0.396 e. The Morgan fingerprint density at radius 2 is 1.96 bits per heavy atom. The number of nitrogens with one attached hydrogen (secondary N) is 2. The van der Waals surface area contributed by atoms with Gasteiger partial charge in [0.25, 0.3) is 0 Å². The third-order valence-electron chi connectivity index (χ3n) is 6.54. The predicted octanol–water partition coefficient (Wildman–Crippen LogP) is 1.69. The average molecular weight is 399 g/mol. The largest absolute Gasteiger partial charge is 0.396 e. The van der Waals surface area contributed by atoms with Crippen LogP contribution in [0.5, 0.6) is 0 Å². The zero-order valence-corrected chi connectivity index (χ0v) is 17.8. The van der Waals surface area contributed by atoms with Gasteiger partial charge in [0.2, 0.25) is 0 Å². The third kappa shape index (κ3) is 5.52. The molecule has 156 valence electrons. The van der Waals surface area contributed by atoms with Crippen LogP contribution in [0.2, 0.25) is 0 Å². The van der Waals surface area contributed by atoms with Crippen molar-refractivity contribution in [2.45, 2.75) is 51.0 Å². The van der Waals surface area contributed by atoms with E-state index in [1.165, 1.54) is 50.3 Å². The van der Waals surface area contributed by atoms with E-state index in [0.29, 0.717) is 12.1 Å². The minimum atomic E-state index is 0.00619. The smallest absolute Gasteiger partial charge is 0.191 e. The van der Waals surface area contributed by atoms with Crippen LogP contribution in [0.1, 0.15) is 45.4 Å². The Labute approximate surface area is 168 Å². The van der Waals surface area contributed by atoms with E-state index in [-0.39, 0.29) is 12.0 Å². The molecule has 0 radical (unpaired) electrons. The molecule has 0 aromatic heterocycles. The molecule has 7 heteroatoms. The SMILES string of the molecule is CCNC(=NCC1(CCO)CCOC1)NCC1(N2CCSCC2)CCCC1. The first-order valence-corrected chi connectivity index (χ1v) is 11.9. The molecule has 3 aliphatic rings. The summed E-state index contributed by atoms with van der Waals surface area (Å²) in [6, 6.07) is 0. The van der Waals surface area contributed by atoms with E-state index >= 15 is 0 Å². The monoisotopic (exact) mass is 398 g/mol. The maximum atomic E-state index is 9.44. The molecule has 2 heterocycles. The molecule has 0 bridgehead atoms. The van der Waals surface area contributed by atoms with Gasteiger partial charge in [0.1, 0.15) is 0 Å². The second-order valence-electron chi connectivity index (χ2n) is 8.36. The van der Waals surface area contributed by atoms with Crippen molar-refractivity contribution < 1.29 is 9.84 Å². The van der Waals surface area contributed by atoms with Gasteiger partial charge in [-0.1, -0.05) is 12.8 Å². The van der Waals surface area contributed by atoms with Gasteiger partial charge >= 0.3 is 0 Å². The molecule has 1 aliphatic carbocycles. The average Bonchev–Trinajstić information content (AvgIpc) is 3.36. The van der Waals surface area contributed by atoms with Gasteiger partial charge in [-0.25, -0.2) is 0 Å². The highest BCUT2D eigenvalue weighted by Gasteiger charge is 2.40. The number of nitrogens with zero attached hydrogens (tertiary/aromatic N) is 2. The first kappa shape index (κ1) is 21.2. The van der Waals surface area contributed by atoms with Gasteiger partial charge in [0.15, 0.2) is 5.96 Å². The fourth-order valence-corrected chi connectivity index (χ4v) is 5.70. The molecule has 3 N–H and O–H groups in total. The van der Waals surface area contributed by atoms with Crippen LogP contribution in [0.3, 0.4) is 0 Å². The predicted molar refractivity (Wildman–Crippen MR) is 114 cm³/mol. The Bertz CT molecular complexity index is 471. The Morgan fingerprint density at radius 1 is 1.19 bits per heavy atom. The molecular formula is C20H38N4O2S. The second-order valence-corrected chi connectivity index (χ2v) is 9.58. The molecule has 6 nitrogen and oxygen atoms in total. The van der Waals surface area contributed by atoms with Crippen LogP contribution in [0.15, 0.2) is 4.99 Å². The topological polar surface area (TPSA) is 69.1 Å². The first-order chi connectivity index (χ1) is 13.2. The first-order valence-electron chi connectivity index (χ1n) is 10.8. The second kappa shape index (κ2) is 10.3. The van der Waals surface area contributed by atoms with E-state index in [2.05, 4.69) is 34.2 Å². The van der Waals surface area contributed by atoms with Crippen LogP contribution < -0.4 is 10.6 Å². The van der Waals surface area contributed by atoms with Gasteiger partial charge < -0.3 is 20.5 Å². The number of hydrogen-bond donors (Lipinski definition) is 3. The standard InChI is InChI=1S/C20H38N4O2S/c1-2-21-18(22-15-19(7-11-25)8-12-26-17-19)23-16-20(5-3-4-6-20)24-9-13-27-14-10-24/h25H,2-17H2,1H3,(H2,21,22,23). The number of guanidine groups is 1.